The fourth-order valence-electron chi connectivity index (χ4n) is 2.40. The molecule has 1 heterocycles. The van der Waals surface area contributed by atoms with Crippen molar-refractivity contribution in [3.8, 4) is 0 Å². The third-order valence-electron chi connectivity index (χ3n) is 3.78. The van der Waals surface area contributed by atoms with Gasteiger partial charge in [-0.25, -0.2) is 0 Å². The first-order valence-corrected chi connectivity index (χ1v) is 6.80. The van der Waals surface area contributed by atoms with Gasteiger partial charge in [-0.2, -0.15) is 0 Å². The lowest BCUT2D eigenvalue weighted by atomic mass is 10.0. The van der Waals surface area contributed by atoms with E-state index < -0.39 is 0 Å². The fraction of sp³-hybridized carbons (Fsp3) is 0.111. The van der Waals surface area contributed by atoms with E-state index in [4.69, 9.17) is 0 Å². The minimum absolute atomic E-state index is 0.178. The van der Waals surface area contributed by atoms with Crippen molar-refractivity contribution in [1.29, 1.82) is 0 Å². The Hall–Kier alpha value is -2.68. The monoisotopic (exact) mass is 277 g/mol. The number of hydrogen-bond donors (Lipinski definition) is 1. The molecule has 0 atom stereocenters. The molecular weight excluding hydrogens is 262 g/mol. The fourth-order valence-corrected chi connectivity index (χ4v) is 2.40. The standard InChI is InChI=1S/C18H15NO2/c1-11-8-14-16(9-12(11)2)19-10-15(18(14)21)17(20)13-6-4-3-5-7-13/h3-10H,1-2H3,(H,19,21). The molecule has 0 bridgehead atoms. The first-order chi connectivity index (χ1) is 10.1. The number of ketones is 1. The Labute approximate surface area is 122 Å². The van der Waals surface area contributed by atoms with Crippen LogP contribution in [0.1, 0.15) is 27.0 Å². The largest absolute Gasteiger partial charge is 0.360 e. The summed E-state index contributed by atoms with van der Waals surface area (Å²) in [5, 5.41) is 0.555. The minimum Gasteiger partial charge on any atom is -0.360 e. The van der Waals surface area contributed by atoms with E-state index in [1.165, 1.54) is 6.20 Å². The lowest BCUT2D eigenvalue weighted by Crippen LogP contribution is -2.16. The zero-order valence-electron chi connectivity index (χ0n) is 11.9. The highest BCUT2D eigenvalue weighted by Gasteiger charge is 2.15. The summed E-state index contributed by atoms with van der Waals surface area (Å²) in [6.45, 7) is 3.95. The molecule has 3 aromatic rings. The number of aromatic amines is 1. The van der Waals surface area contributed by atoms with E-state index in [1.807, 2.05) is 32.0 Å². The second-order valence-electron chi connectivity index (χ2n) is 5.21. The zero-order chi connectivity index (χ0) is 15.0. The van der Waals surface area contributed by atoms with Gasteiger partial charge >= 0.3 is 0 Å². The quantitative estimate of drug-likeness (QED) is 0.730. The van der Waals surface area contributed by atoms with Crippen LogP contribution < -0.4 is 5.43 Å². The van der Waals surface area contributed by atoms with Gasteiger partial charge in [0.2, 0.25) is 5.43 Å². The van der Waals surface area contributed by atoms with E-state index in [0.29, 0.717) is 10.9 Å². The number of aryl methyl sites for hydroxylation is 2. The van der Waals surface area contributed by atoms with Gasteiger partial charge in [0.25, 0.3) is 0 Å². The van der Waals surface area contributed by atoms with Gasteiger partial charge in [-0.15, -0.1) is 0 Å². The molecule has 0 aliphatic heterocycles. The van der Waals surface area contributed by atoms with Crippen molar-refractivity contribution in [2.75, 3.05) is 0 Å². The summed E-state index contributed by atoms with van der Waals surface area (Å²) in [7, 11) is 0. The lowest BCUT2D eigenvalue weighted by Gasteiger charge is -2.06. The van der Waals surface area contributed by atoms with Crippen LogP contribution in [0, 0.1) is 13.8 Å². The van der Waals surface area contributed by atoms with E-state index in [1.54, 1.807) is 24.3 Å². The Morgan fingerprint density at radius 1 is 1.00 bits per heavy atom. The molecule has 3 nitrogen and oxygen atoms in total. The Morgan fingerprint density at radius 3 is 2.38 bits per heavy atom. The molecule has 0 fully saturated rings. The molecule has 3 heteroatoms. The molecule has 0 aliphatic carbocycles. The minimum atomic E-state index is -0.253. The van der Waals surface area contributed by atoms with Crippen molar-refractivity contribution < 1.29 is 4.79 Å². The lowest BCUT2D eigenvalue weighted by molar-refractivity contribution is 0.103. The van der Waals surface area contributed by atoms with Crippen LogP contribution in [0.2, 0.25) is 0 Å². The predicted octanol–water partition coefficient (Wildman–Crippen LogP) is 3.38. The molecule has 0 aliphatic rings. The second-order valence-corrected chi connectivity index (χ2v) is 5.21. The summed E-state index contributed by atoms with van der Waals surface area (Å²) in [5.74, 6) is -0.253. The number of pyridine rings is 1. The van der Waals surface area contributed by atoms with Gasteiger partial charge < -0.3 is 4.98 Å². The first-order valence-electron chi connectivity index (χ1n) is 6.80. The molecule has 0 radical (unpaired) electrons. The second kappa shape index (κ2) is 5.02. The normalized spacial score (nSPS) is 10.8. The van der Waals surface area contributed by atoms with Gasteiger partial charge in [0.1, 0.15) is 0 Å². The van der Waals surface area contributed by atoms with E-state index in [0.717, 1.165) is 16.6 Å². The van der Waals surface area contributed by atoms with Gasteiger partial charge in [-0.05, 0) is 37.1 Å². The van der Waals surface area contributed by atoms with Gasteiger partial charge in [-0.3, -0.25) is 9.59 Å². The van der Waals surface area contributed by atoms with Crippen LogP contribution in [-0.4, -0.2) is 10.8 Å². The van der Waals surface area contributed by atoms with Crippen LogP contribution in [0.3, 0.4) is 0 Å². The molecule has 3 rings (SSSR count). The summed E-state index contributed by atoms with van der Waals surface area (Å²) in [6, 6.07) is 12.6. The maximum Gasteiger partial charge on any atom is 0.200 e. The van der Waals surface area contributed by atoms with Crippen LogP contribution in [-0.2, 0) is 0 Å². The molecule has 104 valence electrons. The molecule has 0 amide bonds. The molecule has 0 saturated heterocycles. The van der Waals surface area contributed by atoms with Crippen molar-refractivity contribution in [2.24, 2.45) is 0 Å². The summed E-state index contributed by atoms with van der Waals surface area (Å²) >= 11 is 0. The van der Waals surface area contributed by atoms with Crippen molar-refractivity contribution in [3.63, 3.8) is 0 Å². The Morgan fingerprint density at radius 2 is 1.67 bits per heavy atom. The van der Waals surface area contributed by atoms with E-state index in [9.17, 15) is 9.59 Å². The Balaban J connectivity index is 2.21. The van der Waals surface area contributed by atoms with Gasteiger partial charge in [0, 0.05) is 22.7 Å². The van der Waals surface area contributed by atoms with Crippen molar-refractivity contribution in [1.82, 2.24) is 4.98 Å². The van der Waals surface area contributed by atoms with Crippen LogP contribution in [0.25, 0.3) is 10.9 Å². The number of H-pyrrole nitrogens is 1. The maximum atomic E-state index is 12.6. The van der Waals surface area contributed by atoms with Crippen LogP contribution in [0.15, 0.2) is 53.5 Å². The van der Waals surface area contributed by atoms with Crippen LogP contribution in [0.5, 0.6) is 0 Å². The smallest absolute Gasteiger partial charge is 0.200 e. The maximum absolute atomic E-state index is 12.6. The third-order valence-corrected chi connectivity index (χ3v) is 3.78. The number of carbonyl (C=O) groups is 1. The summed E-state index contributed by atoms with van der Waals surface area (Å²) in [4.78, 5) is 28.1. The number of benzene rings is 2. The molecule has 1 aromatic heterocycles. The Bertz CT molecular complexity index is 892. The van der Waals surface area contributed by atoms with Gasteiger partial charge in [-0.1, -0.05) is 30.3 Å². The summed E-state index contributed by atoms with van der Waals surface area (Å²) < 4.78 is 0. The molecule has 1 N–H and O–H groups in total. The van der Waals surface area contributed by atoms with Crippen molar-refractivity contribution in [2.45, 2.75) is 13.8 Å². The van der Waals surface area contributed by atoms with Crippen LogP contribution in [0.4, 0.5) is 0 Å². The number of aromatic nitrogens is 1. The number of nitrogens with one attached hydrogen (secondary N) is 1. The molecule has 0 saturated carbocycles. The number of carbonyl (C=O) groups excluding carboxylic acids is 1. The first kappa shape index (κ1) is 13.3. The number of rotatable bonds is 2. The van der Waals surface area contributed by atoms with Crippen molar-refractivity contribution in [3.05, 3.63) is 81.1 Å². The highest BCUT2D eigenvalue weighted by atomic mass is 16.1. The third kappa shape index (κ3) is 2.27. The topological polar surface area (TPSA) is 49.9 Å². The van der Waals surface area contributed by atoms with E-state index in [2.05, 4.69) is 4.98 Å². The van der Waals surface area contributed by atoms with Gasteiger partial charge in [0.15, 0.2) is 5.78 Å². The van der Waals surface area contributed by atoms with E-state index in [-0.39, 0.29) is 16.8 Å². The Kier molecular flexibility index (Phi) is 3.18. The zero-order valence-corrected chi connectivity index (χ0v) is 11.9. The highest BCUT2D eigenvalue weighted by Crippen LogP contribution is 2.16. The average molecular weight is 277 g/mol. The van der Waals surface area contributed by atoms with Crippen LogP contribution >= 0.6 is 0 Å². The predicted molar refractivity (Wildman–Crippen MR) is 83.9 cm³/mol. The highest BCUT2D eigenvalue weighted by molar-refractivity contribution is 6.10. The summed E-state index contributed by atoms with van der Waals surface area (Å²) in [6.07, 6.45) is 1.51. The molecule has 21 heavy (non-hydrogen) atoms. The van der Waals surface area contributed by atoms with E-state index >= 15 is 0 Å². The molecule has 0 spiro atoms. The number of fused-ring (bicyclic) bond motifs is 1. The van der Waals surface area contributed by atoms with Gasteiger partial charge in [0.05, 0.1) is 5.56 Å². The summed E-state index contributed by atoms with van der Waals surface area (Å²) in [5.41, 5.74) is 3.38. The average Bonchev–Trinajstić information content (AvgIpc) is 2.50. The molecule has 2 aromatic carbocycles. The molecule has 0 unspecified atom stereocenters. The molecular formula is C18H15NO2. The van der Waals surface area contributed by atoms with Crippen molar-refractivity contribution >= 4 is 16.7 Å². The SMILES string of the molecule is Cc1cc2[nH]cc(C(=O)c3ccccc3)c(=O)c2cc1C. The number of hydrogen-bond acceptors (Lipinski definition) is 2.